The van der Waals surface area contributed by atoms with Gasteiger partial charge < -0.3 is 24.3 Å². The van der Waals surface area contributed by atoms with E-state index in [0.29, 0.717) is 28.7 Å². The lowest BCUT2D eigenvalue weighted by atomic mass is 10.1. The number of anilines is 1. The van der Waals surface area contributed by atoms with Crippen molar-refractivity contribution in [3.8, 4) is 23.0 Å². The Morgan fingerprint density at radius 3 is 2.43 bits per heavy atom. The fourth-order valence-corrected chi connectivity index (χ4v) is 3.56. The predicted molar refractivity (Wildman–Crippen MR) is 115 cm³/mol. The second-order valence-corrected chi connectivity index (χ2v) is 7.54. The Balaban J connectivity index is 1.76. The van der Waals surface area contributed by atoms with Crippen LogP contribution in [0.1, 0.15) is 18.5 Å². The number of amides is 2. The molecule has 8 nitrogen and oxygen atoms in total. The highest BCUT2D eigenvalue weighted by Crippen LogP contribution is 2.39. The van der Waals surface area contributed by atoms with E-state index in [-0.39, 0.29) is 31.0 Å². The molecule has 160 valence electrons. The standard InChI is InChI=1S/C21H23BrN2O6/c1-12(13-7-17(27-2)21(29-4)18(8-13)28-3)23-19(25)10-24-15-6-5-14(22)9-16(15)30-11-20(24)26/h5-9,12H,10-11H2,1-4H3,(H,23,25). The van der Waals surface area contributed by atoms with Gasteiger partial charge in [-0.25, -0.2) is 0 Å². The molecule has 1 atom stereocenters. The zero-order chi connectivity index (χ0) is 21.8. The maximum atomic E-state index is 12.7. The number of nitrogens with zero attached hydrogens (tertiary/aromatic N) is 1. The Kier molecular flexibility index (Phi) is 6.71. The third-order valence-corrected chi connectivity index (χ3v) is 5.22. The second kappa shape index (κ2) is 9.25. The number of nitrogens with one attached hydrogen (secondary N) is 1. The van der Waals surface area contributed by atoms with Gasteiger partial charge in [-0.1, -0.05) is 15.9 Å². The van der Waals surface area contributed by atoms with Gasteiger partial charge in [-0.15, -0.1) is 0 Å². The first-order valence-corrected chi connectivity index (χ1v) is 9.99. The van der Waals surface area contributed by atoms with Crippen LogP contribution in [0, 0.1) is 0 Å². The molecule has 2 aromatic rings. The van der Waals surface area contributed by atoms with E-state index >= 15 is 0 Å². The molecule has 1 aliphatic rings. The molecule has 0 aliphatic carbocycles. The first-order valence-electron chi connectivity index (χ1n) is 9.20. The number of carbonyl (C=O) groups excluding carboxylic acids is 2. The summed E-state index contributed by atoms with van der Waals surface area (Å²) in [6, 6.07) is 8.51. The Bertz CT molecular complexity index is 940. The van der Waals surface area contributed by atoms with Gasteiger partial charge in [-0.05, 0) is 42.8 Å². The molecule has 1 heterocycles. The highest BCUT2D eigenvalue weighted by Gasteiger charge is 2.28. The molecule has 1 aliphatic heterocycles. The molecule has 0 radical (unpaired) electrons. The maximum Gasteiger partial charge on any atom is 0.265 e. The van der Waals surface area contributed by atoms with Gasteiger partial charge in [-0.2, -0.15) is 0 Å². The molecule has 3 rings (SSSR count). The monoisotopic (exact) mass is 478 g/mol. The largest absolute Gasteiger partial charge is 0.493 e. The van der Waals surface area contributed by atoms with E-state index in [1.54, 1.807) is 30.3 Å². The summed E-state index contributed by atoms with van der Waals surface area (Å²) in [7, 11) is 4.59. The SMILES string of the molecule is COc1cc(C(C)NC(=O)CN2C(=O)COc3cc(Br)ccc32)cc(OC)c1OC. The van der Waals surface area contributed by atoms with Crippen LogP contribution in [-0.2, 0) is 9.59 Å². The summed E-state index contributed by atoms with van der Waals surface area (Å²) >= 11 is 3.38. The number of benzene rings is 2. The minimum Gasteiger partial charge on any atom is -0.493 e. The topological polar surface area (TPSA) is 86.3 Å². The predicted octanol–water partition coefficient (Wildman–Crippen LogP) is 3.08. The Labute approximate surface area is 183 Å². The normalized spacial score (nSPS) is 13.8. The van der Waals surface area contributed by atoms with Crippen LogP contribution in [-0.4, -0.2) is 46.3 Å². The Morgan fingerprint density at radius 1 is 1.17 bits per heavy atom. The molecule has 0 fully saturated rings. The molecule has 1 unspecified atom stereocenters. The first kappa shape index (κ1) is 21.8. The number of ether oxygens (including phenoxy) is 4. The summed E-state index contributed by atoms with van der Waals surface area (Å²) in [6.07, 6.45) is 0. The fourth-order valence-electron chi connectivity index (χ4n) is 3.22. The van der Waals surface area contributed by atoms with E-state index < -0.39 is 0 Å². The quantitative estimate of drug-likeness (QED) is 0.657. The summed E-state index contributed by atoms with van der Waals surface area (Å²) < 4.78 is 22.4. The molecule has 0 saturated carbocycles. The van der Waals surface area contributed by atoms with Crippen molar-refractivity contribution in [2.75, 3.05) is 39.4 Å². The van der Waals surface area contributed by atoms with Crippen molar-refractivity contribution in [2.24, 2.45) is 0 Å². The van der Waals surface area contributed by atoms with Crippen LogP contribution >= 0.6 is 15.9 Å². The maximum absolute atomic E-state index is 12.7. The van der Waals surface area contributed by atoms with Crippen molar-refractivity contribution in [1.82, 2.24) is 5.32 Å². The number of hydrogen-bond acceptors (Lipinski definition) is 6. The van der Waals surface area contributed by atoms with Crippen LogP contribution in [0.5, 0.6) is 23.0 Å². The Hall–Kier alpha value is -2.94. The number of hydrogen-bond donors (Lipinski definition) is 1. The van der Waals surface area contributed by atoms with Crippen LogP contribution in [0.25, 0.3) is 0 Å². The van der Waals surface area contributed by atoms with Crippen LogP contribution in [0.4, 0.5) is 5.69 Å². The second-order valence-electron chi connectivity index (χ2n) is 6.63. The summed E-state index contributed by atoms with van der Waals surface area (Å²) in [6.45, 7) is 1.61. The van der Waals surface area contributed by atoms with Crippen LogP contribution in [0.2, 0.25) is 0 Å². The zero-order valence-electron chi connectivity index (χ0n) is 17.2. The van der Waals surface area contributed by atoms with Gasteiger partial charge in [0.1, 0.15) is 12.3 Å². The van der Waals surface area contributed by atoms with Crippen molar-refractivity contribution in [3.05, 3.63) is 40.4 Å². The van der Waals surface area contributed by atoms with E-state index in [1.165, 1.54) is 26.2 Å². The van der Waals surface area contributed by atoms with E-state index in [0.717, 1.165) is 10.0 Å². The van der Waals surface area contributed by atoms with Crippen LogP contribution in [0.3, 0.4) is 0 Å². The lowest BCUT2D eigenvalue weighted by Gasteiger charge is -2.29. The van der Waals surface area contributed by atoms with Crippen LogP contribution in [0.15, 0.2) is 34.8 Å². The van der Waals surface area contributed by atoms with E-state index in [2.05, 4.69) is 21.2 Å². The van der Waals surface area contributed by atoms with Gasteiger partial charge in [0, 0.05) is 4.47 Å². The van der Waals surface area contributed by atoms with E-state index in [9.17, 15) is 9.59 Å². The number of carbonyl (C=O) groups is 2. The molecule has 1 N–H and O–H groups in total. The van der Waals surface area contributed by atoms with Crippen molar-refractivity contribution in [2.45, 2.75) is 13.0 Å². The van der Waals surface area contributed by atoms with Crippen molar-refractivity contribution >= 4 is 33.4 Å². The molecular formula is C21H23BrN2O6. The van der Waals surface area contributed by atoms with E-state index in [1.807, 2.05) is 6.92 Å². The number of methoxy groups -OCH3 is 3. The van der Waals surface area contributed by atoms with Crippen molar-refractivity contribution in [3.63, 3.8) is 0 Å². The number of fused-ring (bicyclic) bond motifs is 1. The molecule has 0 spiro atoms. The molecule has 0 aromatic heterocycles. The molecular weight excluding hydrogens is 456 g/mol. The van der Waals surface area contributed by atoms with Gasteiger partial charge in [0.05, 0.1) is 33.1 Å². The van der Waals surface area contributed by atoms with Gasteiger partial charge in [0.15, 0.2) is 18.1 Å². The lowest BCUT2D eigenvalue weighted by molar-refractivity contribution is -0.125. The average Bonchev–Trinajstić information content (AvgIpc) is 2.74. The van der Waals surface area contributed by atoms with Crippen molar-refractivity contribution < 1.29 is 28.5 Å². The first-order chi connectivity index (χ1) is 14.4. The van der Waals surface area contributed by atoms with Gasteiger partial charge in [0.25, 0.3) is 5.91 Å². The van der Waals surface area contributed by atoms with Gasteiger partial charge in [-0.3, -0.25) is 14.5 Å². The minimum atomic E-state index is -0.355. The molecule has 9 heteroatoms. The summed E-state index contributed by atoms with van der Waals surface area (Å²) in [4.78, 5) is 26.5. The Morgan fingerprint density at radius 2 is 1.83 bits per heavy atom. The third-order valence-electron chi connectivity index (χ3n) is 4.73. The molecule has 30 heavy (non-hydrogen) atoms. The van der Waals surface area contributed by atoms with E-state index in [4.69, 9.17) is 18.9 Å². The van der Waals surface area contributed by atoms with Crippen molar-refractivity contribution in [1.29, 1.82) is 0 Å². The highest BCUT2D eigenvalue weighted by atomic mass is 79.9. The number of halogens is 1. The summed E-state index contributed by atoms with van der Waals surface area (Å²) in [5, 5.41) is 2.91. The summed E-state index contributed by atoms with van der Waals surface area (Å²) in [5.74, 6) is 1.44. The molecule has 0 bridgehead atoms. The average molecular weight is 479 g/mol. The smallest absolute Gasteiger partial charge is 0.265 e. The molecule has 2 amide bonds. The highest BCUT2D eigenvalue weighted by molar-refractivity contribution is 9.10. The number of rotatable bonds is 7. The third kappa shape index (κ3) is 4.46. The van der Waals surface area contributed by atoms with Crippen LogP contribution < -0.4 is 29.2 Å². The van der Waals surface area contributed by atoms with Gasteiger partial charge >= 0.3 is 0 Å². The molecule has 0 saturated heterocycles. The lowest BCUT2D eigenvalue weighted by Crippen LogP contribution is -2.45. The zero-order valence-corrected chi connectivity index (χ0v) is 18.7. The van der Waals surface area contributed by atoms with Gasteiger partial charge in [0.2, 0.25) is 11.7 Å². The fraction of sp³-hybridized carbons (Fsp3) is 0.333. The minimum absolute atomic E-state index is 0.112. The summed E-state index contributed by atoms with van der Waals surface area (Å²) in [5.41, 5.74) is 1.33. The molecule has 2 aromatic carbocycles.